The lowest BCUT2D eigenvalue weighted by atomic mass is 9.79. The molecule has 29 heavy (non-hydrogen) atoms. The van der Waals surface area contributed by atoms with E-state index in [2.05, 4.69) is 40.4 Å². The first kappa shape index (κ1) is 23.5. The lowest BCUT2D eigenvalue weighted by Gasteiger charge is -2.43. The molecular weight excluding hydrogens is 392 g/mol. The fraction of sp³-hybridized carbons (Fsp3) is 1.00. The summed E-state index contributed by atoms with van der Waals surface area (Å²) in [6, 6.07) is 0.750. The van der Waals surface area contributed by atoms with Gasteiger partial charge in [-0.05, 0) is 50.9 Å². The van der Waals surface area contributed by atoms with E-state index in [4.69, 9.17) is 4.74 Å². The lowest BCUT2D eigenvalue weighted by molar-refractivity contribution is -0.0486. The minimum atomic E-state index is -3.10. The van der Waals surface area contributed by atoms with Gasteiger partial charge in [0.2, 0.25) is 0 Å². The molecule has 0 aromatic carbocycles. The van der Waals surface area contributed by atoms with Crippen LogP contribution in [0.5, 0.6) is 0 Å². The van der Waals surface area contributed by atoms with Crippen molar-refractivity contribution in [2.75, 3.05) is 26.0 Å². The average Bonchev–Trinajstić information content (AvgIpc) is 2.65. The van der Waals surface area contributed by atoms with E-state index < -0.39 is 10.4 Å². The molecule has 0 amide bonds. The Morgan fingerprint density at radius 2 is 1.62 bits per heavy atom. The quantitative estimate of drug-likeness (QED) is 0.365. The van der Waals surface area contributed by atoms with Gasteiger partial charge in [-0.25, -0.2) is 0 Å². The smallest absolute Gasteiger partial charge is 0.167 e. The maximum absolute atomic E-state index is 11.7. The van der Waals surface area contributed by atoms with Crippen molar-refractivity contribution in [3.63, 3.8) is 0 Å². The van der Waals surface area contributed by atoms with Gasteiger partial charge >= 0.3 is 0 Å². The van der Waals surface area contributed by atoms with Crippen LogP contribution in [0.25, 0.3) is 0 Å². The summed E-state index contributed by atoms with van der Waals surface area (Å²) in [7, 11) is -3.10. The van der Waals surface area contributed by atoms with Crippen LogP contribution in [0.2, 0.25) is 0 Å². The summed E-state index contributed by atoms with van der Waals surface area (Å²) in [4.78, 5) is 0. The molecule has 5 N–H and O–H groups in total. The molecule has 3 aliphatic rings. The van der Waals surface area contributed by atoms with E-state index in [9.17, 15) is 8.76 Å². The van der Waals surface area contributed by atoms with Gasteiger partial charge in [0.15, 0.2) is 6.35 Å². The number of nitrogens with one attached hydrogen (secondary N) is 5. The molecule has 0 radical (unpaired) electrons. The Morgan fingerprint density at radius 3 is 2.17 bits per heavy atom. The lowest BCUT2D eigenvalue weighted by Crippen LogP contribution is -2.76. The molecule has 3 rings (SSSR count). The average molecular weight is 433 g/mol. The zero-order valence-electron chi connectivity index (χ0n) is 18.3. The second-order valence-electron chi connectivity index (χ2n) is 8.94. The number of ether oxygens (including phenoxy) is 1. The minimum absolute atomic E-state index is 0.0491. The number of hydrogen-bond donors (Lipinski definition) is 5. The van der Waals surface area contributed by atoms with Crippen molar-refractivity contribution < 1.29 is 13.5 Å². The number of nitrogens with zero attached hydrogens (tertiary/aromatic N) is 1. The van der Waals surface area contributed by atoms with Crippen molar-refractivity contribution in [2.45, 2.75) is 83.9 Å². The Balaban J connectivity index is 1.51. The molecule has 0 aromatic rings. The molecule has 7 unspecified atom stereocenters. The second kappa shape index (κ2) is 10.4. The highest BCUT2D eigenvalue weighted by Gasteiger charge is 2.34. The summed E-state index contributed by atoms with van der Waals surface area (Å²) in [5.41, 5.74) is 0. The molecule has 2 aliphatic heterocycles. The van der Waals surface area contributed by atoms with E-state index in [1.165, 1.54) is 25.5 Å². The predicted molar refractivity (Wildman–Crippen MR) is 114 cm³/mol. The molecule has 1 saturated carbocycles. The van der Waals surface area contributed by atoms with Crippen molar-refractivity contribution in [2.24, 2.45) is 11.8 Å². The third kappa shape index (κ3) is 6.91. The van der Waals surface area contributed by atoms with Gasteiger partial charge < -0.3 is 9.29 Å². The fourth-order valence-electron chi connectivity index (χ4n) is 4.59. The number of rotatable bonds is 7. The van der Waals surface area contributed by atoms with E-state index in [1.807, 2.05) is 6.92 Å². The van der Waals surface area contributed by atoms with Crippen LogP contribution in [-0.4, -0.2) is 65.8 Å². The summed E-state index contributed by atoms with van der Waals surface area (Å²) in [5.74, 6) is 1.53. The summed E-state index contributed by atoms with van der Waals surface area (Å²) >= 11 is 0. The van der Waals surface area contributed by atoms with Crippen LogP contribution in [0.1, 0.15) is 52.9 Å². The van der Waals surface area contributed by atoms with Crippen LogP contribution in [0.15, 0.2) is 0 Å². The Morgan fingerprint density at radius 1 is 1.00 bits per heavy atom. The SMILES string of the molecule is CCOC1NC(NC2CCN([S+](C)(=O)[O-])CC2)NC(NC2CCC(C)C(C)C2)N1. The van der Waals surface area contributed by atoms with Crippen molar-refractivity contribution in [1.82, 2.24) is 30.9 Å². The van der Waals surface area contributed by atoms with Crippen molar-refractivity contribution >= 4 is 10.4 Å². The van der Waals surface area contributed by atoms with E-state index in [0.717, 1.165) is 24.7 Å². The number of sulfonamides is 1. The summed E-state index contributed by atoms with van der Waals surface area (Å²) in [6.45, 7) is 8.43. The van der Waals surface area contributed by atoms with Crippen LogP contribution in [0.3, 0.4) is 0 Å². The van der Waals surface area contributed by atoms with Crippen LogP contribution < -0.4 is 26.6 Å². The van der Waals surface area contributed by atoms with E-state index in [0.29, 0.717) is 25.7 Å². The Kier molecular flexibility index (Phi) is 8.45. The third-order valence-corrected chi connectivity index (χ3v) is 7.93. The molecule has 2 saturated heterocycles. The fourth-order valence-corrected chi connectivity index (χ4v) is 5.47. The summed E-state index contributed by atoms with van der Waals surface area (Å²) < 4.78 is 30.8. The Bertz CT molecular complexity index is 556. The van der Waals surface area contributed by atoms with Gasteiger partial charge in [-0.3, -0.25) is 26.6 Å². The Labute approximate surface area is 176 Å². The zero-order valence-corrected chi connectivity index (χ0v) is 19.1. The molecule has 3 fully saturated rings. The van der Waals surface area contributed by atoms with Crippen molar-refractivity contribution in [3.05, 3.63) is 0 Å². The van der Waals surface area contributed by atoms with Gasteiger partial charge in [0.25, 0.3) is 0 Å². The van der Waals surface area contributed by atoms with Gasteiger partial charge in [0.05, 0.1) is 0 Å². The molecule has 1 aliphatic carbocycles. The highest BCUT2D eigenvalue weighted by atomic mass is 32.3. The molecule has 0 bridgehead atoms. The first-order valence-electron chi connectivity index (χ1n) is 11.1. The van der Waals surface area contributed by atoms with Crippen molar-refractivity contribution in [1.29, 1.82) is 0 Å². The summed E-state index contributed by atoms with van der Waals surface area (Å²) in [6.07, 6.45) is 6.13. The highest BCUT2D eigenvalue weighted by molar-refractivity contribution is 7.94. The molecule has 170 valence electrons. The van der Waals surface area contributed by atoms with Gasteiger partial charge in [-0.1, -0.05) is 18.1 Å². The molecule has 9 nitrogen and oxygen atoms in total. The molecular formula is C19H40N6O3S. The minimum Gasteiger partial charge on any atom is -0.598 e. The molecule has 2 heterocycles. The monoisotopic (exact) mass is 432 g/mol. The molecule has 7 atom stereocenters. The molecule has 0 spiro atoms. The van der Waals surface area contributed by atoms with Gasteiger partial charge in [0, 0.05) is 31.8 Å². The van der Waals surface area contributed by atoms with E-state index in [1.54, 1.807) is 4.31 Å². The largest absolute Gasteiger partial charge is 0.598 e. The van der Waals surface area contributed by atoms with E-state index in [-0.39, 0.29) is 25.0 Å². The number of piperidine rings is 1. The standard InChI is InChI=1S/C19H40N6O3S/c1-5-28-19-23-17(20-15-8-10-25(11-9-15)29(4,26)27)22-18(24-19)21-16-7-6-13(2)14(3)12-16/h13-24H,5-12H2,1-4H3. The second-order valence-corrected chi connectivity index (χ2v) is 10.9. The van der Waals surface area contributed by atoms with Crippen LogP contribution >= 0.6 is 0 Å². The highest BCUT2D eigenvalue weighted by Crippen LogP contribution is 2.29. The zero-order chi connectivity index (χ0) is 21.0. The molecule has 0 aromatic heterocycles. The predicted octanol–water partition coefficient (Wildman–Crippen LogP) is 0.299. The van der Waals surface area contributed by atoms with Gasteiger partial charge in [0.1, 0.15) is 29.2 Å². The number of hydrogen-bond acceptors (Lipinski definition) is 8. The Hall–Kier alpha value is -0.170. The van der Waals surface area contributed by atoms with Crippen LogP contribution in [0, 0.1) is 11.8 Å². The van der Waals surface area contributed by atoms with E-state index >= 15 is 0 Å². The van der Waals surface area contributed by atoms with Crippen LogP contribution in [0.4, 0.5) is 0 Å². The van der Waals surface area contributed by atoms with Gasteiger partial charge in [-0.15, -0.1) is 4.31 Å². The third-order valence-electron chi connectivity index (χ3n) is 6.63. The maximum Gasteiger partial charge on any atom is 0.167 e. The van der Waals surface area contributed by atoms with Crippen LogP contribution in [-0.2, 0) is 19.3 Å². The first-order chi connectivity index (χ1) is 13.7. The van der Waals surface area contributed by atoms with Crippen molar-refractivity contribution in [3.8, 4) is 0 Å². The first-order valence-corrected chi connectivity index (χ1v) is 13.0. The molecule has 10 heteroatoms. The van der Waals surface area contributed by atoms with Gasteiger partial charge in [-0.2, -0.15) is 0 Å². The maximum atomic E-state index is 11.7. The topological polar surface area (TPSA) is 113 Å². The summed E-state index contributed by atoms with van der Waals surface area (Å²) in [5, 5.41) is 17.7. The normalized spacial score (nSPS) is 39.9.